The van der Waals surface area contributed by atoms with Crippen molar-refractivity contribution in [3.63, 3.8) is 0 Å². The summed E-state index contributed by atoms with van der Waals surface area (Å²) in [6, 6.07) is 12.4. The van der Waals surface area contributed by atoms with E-state index in [9.17, 15) is 0 Å². The molecule has 3 rings (SSSR count). The first-order chi connectivity index (χ1) is 7.34. The van der Waals surface area contributed by atoms with Crippen LogP contribution in [0.4, 0.5) is 0 Å². The minimum Gasteiger partial charge on any atom is -0.311 e. The van der Waals surface area contributed by atoms with Crippen molar-refractivity contribution >= 4 is 12.4 Å². The Bertz CT molecular complexity index is 334. The summed E-state index contributed by atoms with van der Waals surface area (Å²) in [5, 5.41) is 3.76. The van der Waals surface area contributed by atoms with Gasteiger partial charge in [-0.2, -0.15) is 0 Å². The second kappa shape index (κ2) is 4.77. The summed E-state index contributed by atoms with van der Waals surface area (Å²) in [6.07, 6.45) is 4.24. The number of halogens is 1. The lowest BCUT2D eigenvalue weighted by atomic mass is 9.91. The molecule has 0 amide bonds. The van der Waals surface area contributed by atoms with Crippen molar-refractivity contribution in [3.8, 4) is 0 Å². The van der Waals surface area contributed by atoms with Gasteiger partial charge >= 0.3 is 0 Å². The van der Waals surface area contributed by atoms with Crippen molar-refractivity contribution < 1.29 is 0 Å². The summed E-state index contributed by atoms with van der Waals surface area (Å²) >= 11 is 0. The van der Waals surface area contributed by atoms with Gasteiger partial charge in [0.05, 0.1) is 0 Å². The van der Waals surface area contributed by atoms with Gasteiger partial charge in [0.2, 0.25) is 0 Å². The van der Waals surface area contributed by atoms with Gasteiger partial charge in [-0.1, -0.05) is 30.3 Å². The number of nitrogens with one attached hydrogen (secondary N) is 1. The molecule has 2 aliphatic rings. The standard InChI is InChI=1S/C14H19N.ClH/c1-10-13(11-5-3-2-4-6-11)9-14(15-10)12-7-8-12;/h2-6,10,12-15H,7-9H2,1H3;1H. The van der Waals surface area contributed by atoms with Gasteiger partial charge in [0.25, 0.3) is 0 Å². The Morgan fingerprint density at radius 2 is 1.81 bits per heavy atom. The van der Waals surface area contributed by atoms with Gasteiger partial charge in [-0.15, -0.1) is 12.4 Å². The first-order valence-corrected chi connectivity index (χ1v) is 6.15. The van der Waals surface area contributed by atoms with Gasteiger partial charge in [0.1, 0.15) is 0 Å². The fraction of sp³-hybridized carbons (Fsp3) is 0.571. The molecular formula is C14H20ClN. The zero-order valence-corrected chi connectivity index (χ0v) is 10.5. The van der Waals surface area contributed by atoms with E-state index in [0.29, 0.717) is 6.04 Å². The Kier molecular flexibility index (Phi) is 3.56. The third-order valence-electron chi connectivity index (χ3n) is 4.01. The molecule has 1 saturated heterocycles. The molecule has 16 heavy (non-hydrogen) atoms. The van der Waals surface area contributed by atoms with Gasteiger partial charge in [-0.3, -0.25) is 0 Å². The highest BCUT2D eigenvalue weighted by atomic mass is 35.5. The molecule has 0 aromatic heterocycles. The van der Waals surface area contributed by atoms with E-state index in [1.165, 1.54) is 24.8 Å². The summed E-state index contributed by atoms with van der Waals surface area (Å²) in [5.41, 5.74) is 1.51. The average molecular weight is 238 g/mol. The normalized spacial score (nSPS) is 33.4. The molecule has 0 spiro atoms. The van der Waals surface area contributed by atoms with Crippen LogP contribution in [0.15, 0.2) is 30.3 Å². The van der Waals surface area contributed by atoms with Gasteiger partial charge in [-0.05, 0) is 37.7 Å². The minimum atomic E-state index is 0. The van der Waals surface area contributed by atoms with Gasteiger partial charge in [0.15, 0.2) is 0 Å². The molecule has 1 aromatic carbocycles. The Hall–Kier alpha value is -0.530. The van der Waals surface area contributed by atoms with Crippen molar-refractivity contribution in [1.82, 2.24) is 5.32 Å². The van der Waals surface area contributed by atoms with Crippen molar-refractivity contribution in [1.29, 1.82) is 0 Å². The van der Waals surface area contributed by atoms with E-state index in [4.69, 9.17) is 0 Å². The lowest BCUT2D eigenvalue weighted by Crippen LogP contribution is -2.29. The molecule has 1 aromatic rings. The maximum absolute atomic E-state index is 3.76. The Balaban J connectivity index is 0.000000963. The number of benzene rings is 1. The molecule has 0 bridgehead atoms. The molecule has 3 atom stereocenters. The zero-order valence-electron chi connectivity index (χ0n) is 9.73. The maximum atomic E-state index is 3.76. The van der Waals surface area contributed by atoms with E-state index in [-0.39, 0.29) is 12.4 Å². The van der Waals surface area contributed by atoms with E-state index in [0.717, 1.165) is 17.9 Å². The zero-order chi connectivity index (χ0) is 10.3. The van der Waals surface area contributed by atoms with Crippen LogP contribution < -0.4 is 5.32 Å². The van der Waals surface area contributed by atoms with Crippen LogP contribution in [0.25, 0.3) is 0 Å². The molecular weight excluding hydrogens is 218 g/mol. The molecule has 1 aliphatic carbocycles. The summed E-state index contributed by atoms with van der Waals surface area (Å²) in [4.78, 5) is 0. The van der Waals surface area contributed by atoms with Crippen LogP contribution >= 0.6 is 12.4 Å². The minimum absolute atomic E-state index is 0. The van der Waals surface area contributed by atoms with E-state index in [1.54, 1.807) is 0 Å². The van der Waals surface area contributed by atoms with Crippen molar-refractivity contribution in [2.24, 2.45) is 5.92 Å². The molecule has 2 heteroatoms. The number of hydrogen-bond donors (Lipinski definition) is 1. The molecule has 2 fully saturated rings. The third kappa shape index (κ3) is 2.26. The van der Waals surface area contributed by atoms with E-state index in [1.807, 2.05) is 0 Å². The molecule has 1 heterocycles. The first-order valence-electron chi connectivity index (χ1n) is 6.15. The van der Waals surface area contributed by atoms with Gasteiger partial charge < -0.3 is 5.32 Å². The SMILES string of the molecule is CC1NC(C2CC2)CC1c1ccccc1.Cl. The third-order valence-corrected chi connectivity index (χ3v) is 4.01. The van der Waals surface area contributed by atoms with Crippen molar-refractivity contribution in [2.75, 3.05) is 0 Å². The second-order valence-corrected chi connectivity index (χ2v) is 5.15. The number of rotatable bonds is 2. The molecule has 1 N–H and O–H groups in total. The fourth-order valence-corrected chi connectivity index (χ4v) is 2.95. The summed E-state index contributed by atoms with van der Waals surface area (Å²) in [6.45, 7) is 2.33. The molecule has 1 saturated carbocycles. The second-order valence-electron chi connectivity index (χ2n) is 5.15. The highest BCUT2D eigenvalue weighted by Gasteiger charge is 2.40. The maximum Gasteiger partial charge on any atom is 0.0111 e. The molecule has 1 nitrogen and oxygen atoms in total. The Labute approximate surface area is 104 Å². The largest absolute Gasteiger partial charge is 0.311 e. The Morgan fingerprint density at radius 1 is 1.12 bits per heavy atom. The smallest absolute Gasteiger partial charge is 0.0111 e. The quantitative estimate of drug-likeness (QED) is 0.832. The lowest BCUT2D eigenvalue weighted by Gasteiger charge is -2.14. The summed E-state index contributed by atoms with van der Waals surface area (Å²) in [5.74, 6) is 1.72. The van der Waals surface area contributed by atoms with Gasteiger partial charge in [-0.25, -0.2) is 0 Å². The van der Waals surface area contributed by atoms with Crippen LogP contribution in [0.5, 0.6) is 0 Å². The predicted octanol–water partition coefficient (Wildman–Crippen LogP) is 3.35. The van der Waals surface area contributed by atoms with Crippen LogP contribution in [0.3, 0.4) is 0 Å². The molecule has 3 unspecified atom stereocenters. The molecule has 0 radical (unpaired) electrons. The van der Waals surface area contributed by atoms with Crippen LogP contribution in [0.1, 0.15) is 37.7 Å². The average Bonchev–Trinajstić information content (AvgIpc) is 3.04. The highest BCUT2D eigenvalue weighted by molar-refractivity contribution is 5.85. The van der Waals surface area contributed by atoms with E-state index < -0.39 is 0 Å². The summed E-state index contributed by atoms with van der Waals surface area (Å²) in [7, 11) is 0. The van der Waals surface area contributed by atoms with Crippen LogP contribution in [-0.2, 0) is 0 Å². The predicted molar refractivity (Wildman–Crippen MR) is 70.2 cm³/mol. The van der Waals surface area contributed by atoms with Crippen molar-refractivity contribution in [2.45, 2.75) is 44.2 Å². The topological polar surface area (TPSA) is 12.0 Å². The first kappa shape index (κ1) is 11.9. The van der Waals surface area contributed by atoms with Crippen LogP contribution in [-0.4, -0.2) is 12.1 Å². The van der Waals surface area contributed by atoms with Crippen molar-refractivity contribution in [3.05, 3.63) is 35.9 Å². The van der Waals surface area contributed by atoms with Crippen LogP contribution in [0.2, 0.25) is 0 Å². The van der Waals surface area contributed by atoms with E-state index >= 15 is 0 Å². The summed E-state index contributed by atoms with van der Waals surface area (Å²) < 4.78 is 0. The monoisotopic (exact) mass is 237 g/mol. The van der Waals surface area contributed by atoms with Gasteiger partial charge in [0, 0.05) is 18.0 Å². The van der Waals surface area contributed by atoms with Crippen LogP contribution in [0, 0.1) is 5.92 Å². The highest BCUT2D eigenvalue weighted by Crippen LogP contribution is 2.41. The number of hydrogen-bond acceptors (Lipinski definition) is 1. The fourth-order valence-electron chi connectivity index (χ4n) is 2.95. The molecule has 1 aliphatic heterocycles. The Morgan fingerprint density at radius 3 is 2.44 bits per heavy atom. The molecule has 88 valence electrons. The van der Waals surface area contributed by atoms with E-state index in [2.05, 4.69) is 42.6 Å². The lowest BCUT2D eigenvalue weighted by molar-refractivity contribution is 0.509.